The van der Waals surface area contributed by atoms with Crippen molar-refractivity contribution in [2.45, 2.75) is 38.9 Å². The molecule has 158 valence electrons. The van der Waals surface area contributed by atoms with E-state index in [0.29, 0.717) is 18.1 Å². The van der Waals surface area contributed by atoms with Gasteiger partial charge in [-0.25, -0.2) is 10.4 Å². The third-order valence-corrected chi connectivity index (χ3v) is 6.32. The molecule has 0 bridgehead atoms. The van der Waals surface area contributed by atoms with Crippen LogP contribution in [0.25, 0.3) is 11.4 Å². The largest absolute Gasteiger partial charge is 0.337 e. The van der Waals surface area contributed by atoms with Crippen molar-refractivity contribution in [1.82, 2.24) is 25.6 Å². The molecule has 0 saturated carbocycles. The number of amides is 1. The number of nitrogens with one attached hydrogen (secondary N) is 1. The molecular weight excluding hydrogens is 460 g/mol. The fourth-order valence-electron chi connectivity index (χ4n) is 3.99. The van der Waals surface area contributed by atoms with Crippen molar-refractivity contribution in [1.29, 1.82) is 0 Å². The molecule has 2 atom stereocenters. The minimum Gasteiger partial charge on any atom is -0.337 e. The SMILES string of the molecule is Cc1ccc(C)c(C2CC3C(=O)N(Cc4nc(-c5ccccc5Br)no4)N=CN3N2)c1. The Hall–Kier alpha value is -3.04. The van der Waals surface area contributed by atoms with Crippen LogP contribution in [0.5, 0.6) is 0 Å². The lowest BCUT2D eigenvalue weighted by molar-refractivity contribution is -0.137. The molecule has 0 aliphatic carbocycles. The first kappa shape index (κ1) is 19.9. The van der Waals surface area contributed by atoms with Crippen molar-refractivity contribution < 1.29 is 9.32 Å². The van der Waals surface area contributed by atoms with E-state index >= 15 is 0 Å². The highest BCUT2D eigenvalue weighted by Gasteiger charge is 2.41. The highest BCUT2D eigenvalue weighted by Crippen LogP contribution is 2.32. The molecule has 2 aromatic carbocycles. The van der Waals surface area contributed by atoms with Gasteiger partial charge < -0.3 is 4.52 Å². The van der Waals surface area contributed by atoms with E-state index in [1.165, 1.54) is 21.7 Å². The number of fused-ring (bicyclic) bond motifs is 1. The summed E-state index contributed by atoms with van der Waals surface area (Å²) in [5, 5.41) is 11.5. The average molecular weight is 481 g/mol. The Labute approximate surface area is 188 Å². The summed E-state index contributed by atoms with van der Waals surface area (Å²) in [6.45, 7) is 4.30. The molecule has 31 heavy (non-hydrogen) atoms. The zero-order valence-corrected chi connectivity index (χ0v) is 18.7. The minimum atomic E-state index is -0.326. The zero-order valence-electron chi connectivity index (χ0n) is 17.1. The molecule has 1 fully saturated rings. The Morgan fingerprint density at radius 2 is 2.06 bits per heavy atom. The number of hydrazine groups is 1. The van der Waals surface area contributed by atoms with Crippen LogP contribution in [0.15, 0.2) is 56.6 Å². The number of nitrogens with zero attached hydrogens (tertiary/aromatic N) is 5. The van der Waals surface area contributed by atoms with Gasteiger partial charge in [0.05, 0.1) is 6.04 Å². The summed E-state index contributed by atoms with van der Waals surface area (Å²) in [5.41, 5.74) is 7.84. The van der Waals surface area contributed by atoms with Crippen molar-refractivity contribution in [3.8, 4) is 11.4 Å². The van der Waals surface area contributed by atoms with E-state index in [-0.39, 0.29) is 24.5 Å². The second-order valence-corrected chi connectivity index (χ2v) is 8.67. The van der Waals surface area contributed by atoms with Gasteiger partial charge in [-0.05, 0) is 43.5 Å². The van der Waals surface area contributed by atoms with Gasteiger partial charge in [0, 0.05) is 10.0 Å². The molecular formula is C22H21BrN6O2. The monoisotopic (exact) mass is 480 g/mol. The fourth-order valence-corrected chi connectivity index (χ4v) is 4.45. The fraction of sp³-hybridized carbons (Fsp3) is 0.273. The quantitative estimate of drug-likeness (QED) is 0.612. The molecule has 3 heterocycles. The first-order valence-electron chi connectivity index (χ1n) is 10.0. The van der Waals surface area contributed by atoms with Crippen LogP contribution < -0.4 is 5.43 Å². The lowest BCUT2D eigenvalue weighted by Crippen LogP contribution is -2.50. The maximum absolute atomic E-state index is 13.1. The summed E-state index contributed by atoms with van der Waals surface area (Å²) in [6.07, 6.45) is 2.32. The van der Waals surface area contributed by atoms with Crippen LogP contribution in [0.1, 0.15) is 35.0 Å². The minimum absolute atomic E-state index is 0.0608. The standard InChI is InChI=1S/C22H21BrN6O2/c1-13-7-8-14(2)16(9-13)18-10-19-22(30)28(24-12-29(19)26-18)11-20-25-21(27-31-20)15-5-3-4-6-17(15)23/h3-9,12,18-19,26H,10-11H2,1-2H3. The Morgan fingerprint density at radius 3 is 2.90 bits per heavy atom. The maximum Gasteiger partial charge on any atom is 0.267 e. The number of carbonyl (C=O) groups excluding carboxylic acids is 1. The lowest BCUT2D eigenvalue weighted by atomic mass is 9.95. The summed E-state index contributed by atoms with van der Waals surface area (Å²) in [4.78, 5) is 17.5. The second kappa shape index (κ2) is 7.90. The van der Waals surface area contributed by atoms with Crippen molar-refractivity contribution in [3.63, 3.8) is 0 Å². The van der Waals surface area contributed by atoms with Crippen molar-refractivity contribution in [3.05, 3.63) is 69.5 Å². The number of rotatable bonds is 4. The highest BCUT2D eigenvalue weighted by atomic mass is 79.9. The zero-order chi connectivity index (χ0) is 21.5. The van der Waals surface area contributed by atoms with Crippen molar-refractivity contribution >= 4 is 28.2 Å². The topological polar surface area (TPSA) is 86.9 Å². The van der Waals surface area contributed by atoms with E-state index in [0.717, 1.165) is 10.0 Å². The third-order valence-electron chi connectivity index (χ3n) is 5.63. The van der Waals surface area contributed by atoms with Gasteiger partial charge >= 0.3 is 0 Å². The Kier molecular flexibility index (Phi) is 5.07. The predicted octanol–water partition coefficient (Wildman–Crippen LogP) is 3.72. The van der Waals surface area contributed by atoms with Crippen molar-refractivity contribution in [2.75, 3.05) is 0 Å². The number of aryl methyl sites for hydroxylation is 2. The summed E-state index contributed by atoms with van der Waals surface area (Å²) in [6, 6.07) is 13.8. The molecule has 9 heteroatoms. The first-order chi connectivity index (χ1) is 15.0. The number of hydrogen-bond donors (Lipinski definition) is 1. The van der Waals surface area contributed by atoms with Gasteiger partial charge in [-0.3, -0.25) is 9.80 Å². The molecule has 2 unspecified atom stereocenters. The molecule has 1 amide bonds. The Morgan fingerprint density at radius 1 is 1.23 bits per heavy atom. The number of aromatic nitrogens is 2. The van der Waals surface area contributed by atoms with Crippen LogP contribution in [0.4, 0.5) is 0 Å². The summed E-state index contributed by atoms with van der Waals surface area (Å²) in [7, 11) is 0. The van der Waals surface area contributed by atoms with Crippen LogP contribution in [0, 0.1) is 13.8 Å². The lowest BCUT2D eigenvalue weighted by Gasteiger charge is -2.29. The van der Waals surface area contributed by atoms with Crippen LogP contribution >= 0.6 is 15.9 Å². The summed E-state index contributed by atoms with van der Waals surface area (Å²) in [5.74, 6) is 0.709. The van der Waals surface area contributed by atoms with Crippen molar-refractivity contribution in [2.24, 2.45) is 5.10 Å². The van der Waals surface area contributed by atoms with E-state index < -0.39 is 0 Å². The Bertz CT molecular complexity index is 1180. The average Bonchev–Trinajstić information content (AvgIpc) is 3.40. The molecule has 0 radical (unpaired) electrons. The molecule has 5 rings (SSSR count). The molecule has 1 saturated heterocycles. The molecule has 3 aromatic rings. The number of hydrogen-bond acceptors (Lipinski definition) is 7. The van der Waals surface area contributed by atoms with Gasteiger partial charge in [-0.2, -0.15) is 10.1 Å². The van der Waals surface area contributed by atoms with Crippen LogP contribution in [-0.4, -0.2) is 38.4 Å². The van der Waals surface area contributed by atoms with Gasteiger partial charge in [0.1, 0.15) is 18.9 Å². The molecule has 2 aliphatic heterocycles. The Balaban J connectivity index is 1.31. The maximum atomic E-state index is 13.1. The van der Waals surface area contributed by atoms with Crippen LogP contribution in [0.3, 0.4) is 0 Å². The van der Waals surface area contributed by atoms with E-state index in [9.17, 15) is 4.79 Å². The van der Waals surface area contributed by atoms with Gasteiger partial charge in [-0.1, -0.05) is 57.0 Å². The van der Waals surface area contributed by atoms with E-state index in [1.54, 1.807) is 11.3 Å². The molecule has 8 nitrogen and oxygen atoms in total. The number of halogens is 1. The molecule has 1 aromatic heterocycles. The van der Waals surface area contributed by atoms with E-state index in [1.807, 2.05) is 24.3 Å². The summed E-state index contributed by atoms with van der Waals surface area (Å²) >= 11 is 3.49. The van der Waals surface area contributed by atoms with Gasteiger partial charge in [0.25, 0.3) is 5.91 Å². The third kappa shape index (κ3) is 3.75. The van der Waals surface area contributed by atoms with Crippen LogP contribution in [-0.2, 0) is 11.3 Å². The summed E-state index contributed by atoms with van der Waals surface area (Å²) < 4.78 is 6.25. The first-order valence-corrected chi connectivity index (χ1v) is 10.8. The highest BCUT2D eigenvalue weighted by molar-refractivity contribution is 9.10. The number of hydrazone groups is 1. The number of carbonyl (C=O) groups is 1. The van der Waals surface area contributed by atoms with E-state index in [4.69, 9.17) is 4.52 Å². The molecule has 0 spiro atoms. The molecule has 2 aliphatic rings. The van der Waals surface area contributed by atoms with E-state index in [2.05, 4.69) is 68.6 Å². The second-order valence-electron chi connectivity index (χ2n) is 7.82. The number of benzene rings is 2. The molecule has 1 N–H and O–H groups in total. The predicted molar refractivity (Wildman–Crippen MR) is 119 cm³/mol. The normalized spacial score (nSPS) is 20.4. The van der Waals surface area contributed by atoms with Gasteiger partial charge in [0.15, 0.2) is 0 Å². The smallest absolute Gasteiger partial charge is 0.267 e. The van der Waals surface area contributed by atoms with Gasteiger partial charge in [0.2, 0.25) is 11.7 Å². The van der Waals surface area contributed by atoms with Crippen LogP contribution in [0.2, 0.25) is 0 Å². The van der Waals surface area contributed by atoms with Gasteiger partial charge in [-0.15, -0.1) is 0 Å².